The molecule has 0 aromatic heterocycles. The van der Waals surface area contributed by atoms with Crippen LogP contribution in [0.25, 0.3) is 0 Å². The van der Waals surface area contributed by atoms with Gasteiger partial charge >= 0.3 is 0 Å². The molecule has 2 atom stereocenters. The average Bonchev–Trinajstić information content (AvgIpc) is 2.50. The Kier molecular flexibility index (Phi) is 35.7. The van der Waals surface area contributed by atoms with Crippen LogP contribution in [0.1, 0.15) is 0 Å². The highest BCUT2D eigenvalue weighted by molar-refractivity contribution is 7.17. The summed E-state index contributed by atoms with van der Waals surface area (Å²) in [6.45, 7) is 1.97. The van der Waals surface area contributed by atoms with Gasteiger partial charge in [0.25, 0.3) is 0 Å². The van der Waals surface area contributed by atoms with Crippen molar-refractivity contribution in [2.75, 3.05) is 72.7 Å². The van der Waals surface area contributed by atoms with Crippen LogP contribution < -0.4 is 0 Å². The minimum Gasteiger partial charge on any atom is -0.394 e. The van der Waals surface area contributed by atoms with Crippen molar-refractivity contribution in [3.63, 3.8) is 0 Å². The second kappa shape index (κ2) is 29.1. The summed E-state index contributed by atoms with van der Waals surface area (Å²) in [4.78, 5) is 0. The van der Waals surface area contributed by atoms with Crippen molar-refractivity contribution in [1.29, 1.82) is 0 Å². The van der Waals surface area contributed by atoms with Gasteiger partial charge in [0.15, 0.2) is 0 Å². The van der Waals surface area contributed by atoms with Crippen molar-refractivity contribution in [3.05, 3.63) is 0 Å². The standard InChI is InChI=1S/C4H11O3P.2C4H10O3/c5-1-2-7-3-4(6)8;2*5-1-3-7-4-2-6/h4-6H,1-3,8H2;2*5-6H,1-4H2. The third-order valence-corrected chi connectivity index (χ3v) is 1.66. The Morgan fingerprint density at radius 3 is 1.09 bits per heavy atom. The topological polar surface area (TPSA) is 149 Å². The Labute approximate surface area is 133 Å². The molecule has 10 heteroatoms. The first kappa shape index (κ1) is 26.9. The number of aliphatic hydroxyl groups excluding tert-OH is 6. The van der Waals surface area contributed by atoms with Crippen LogP contribution in [-0.4, -0.2) is 109 Å². The van der Waals surface area contributed by atoms with Gasteiger partial charge in [-0.2, -0.15) is 0 Å². The number of rotatable bonds is 12. The van der Waals surface area contributed by atoms with Crippen LogP contribution in [0.3, 0.4) is 0 Å². The molecule has 0 bridgehead atoms. The lowest BCUT2D eigenvalue weighted by Crippen LogP contribution is -2.09. The third-order valence-electron chi connectivity index (χ3n) is 1.47. The third kappa shape index (κ3) is 42.7. The van der Waals surface area contributed by atoms with Crippen LogP contribution in [0.5, 0.6) is 0 Å². The van der Waals surface area contributed by atoms with Crippen LogP contribution in [0.4, 0.5) is 0 Å². The Bertz CT molecular complexity index is 146. The molecule has 0 aromatic carbocycles. The van der Waals surface area contributed by atoms with E-state index >= 15 is 0 Å². The summed E-state index contributed by atoms with van der Waals surface area (Å²) < 4.78 is 14.0. The lowest BCUT2D eigenvalue weighted by Gasteiger charge is -2.02. The van der Waals surface area contributed by atoms with E-state index in [0.717, 1.165) is 0 Å². The number of hydrogen-bond donors (Lipinski definition) is 6. The first-order valence-corrected chi connectivity index (χ1v) is 7.48. The molecule has 9 nitrogen and oxygen atoms in total. The van der Waals surface area contributed by atoms with Gasteiger partial charge in [-0.05, 0) is 0 Å². The molecule has 0 aliphatic carbocycles. The van der Waals surface area contributed by atoms with E-state index in [4.69, 9.17) is 35.4 Å². The fourth-order valence-corrected chi connectivity index (χ4v) is 0.867. The monoisotopic (exact) mass is 350 g/mol. The van der Waals surface area contributed by atoms with Crippen molar-refractivity contribution in [2.24, 2.45) is 0 Å². The molecule has 6 N–H and O–H groups in total. The maximum Gasteiger partial charge on any atom is 0.0905 e. The predicted molar refractivity (Wildman–Crippen MR) is 83.6 cm³/mol. The molecule has 0 radical (unpaired) electrons. The lowest BCUT2D eigenvalue weighted by molar-refractivity contribution is 0.0535. The summed E-state index contributed by atoms with van der Waals surface area (Å²) in [5.41, 5.74) is 0. The molecule has 0 aliphatic rings. The maximum absolute atomic E-state index is 8.54. The molecule has 0 spiro atoms. The summed E-state index contributed by atoms with van der Waals surface area (Å²) in [6, 6.07) is 0. The van der Waals surface area contributed by atoms with Gasteiger partial charge in [-0.3, -0.25) is 0 Å². The Morgan fingerprint density at radius 1 is 0.591 bits per heavy atom. The van der Waals surface area contributed by atoms with E-state index in [-0.39, 0.29) is 39.6 Å². The van der Waals surface area contributed by atoms with Gasteiger partial charge in [0.05, 0.1) is 78.5 Å². The van der Waals surface area contributed by atoms with Gasteiger partial charge in [-0.1, -0.05) is 0 Å². The van der Waals surface area contributed by atoms with Gasteiger partial charge in [0.1, 0.15) is 0 Å². The second-order valence-corrected chi connectivity index (χ2v) is 4.25. The summed E-state index contributed by atoms with van der Waals surface area (Å²) in [7, 11) is 2.18. The van der Waals surface area contributed by atoms with Crippen LogP contribution >= 0.6 is 9.24 Å². The summed E-state index contributed by atoms with van der Waals surface area (Å²) in [5, 5.41) is 49.0. The van der Waals surface area contributed by atoms with E-state index in [0.29, 0.717) is 33.0 Å². The lowest BCUT2D eigenvalue weighted by atomic mass is 10.7. The van der Waals surface area contributed by atoms with Crippen molar-refractivity contribution in [2.45, 2.75) is 5.85 Å². The van der Waals surface area contributed by atoms with E-state index in [1.54, 1.807) is 0 Å². The summed E-state index contributed by atoms with van der Waals surface area (Å²) in [5.74, 6) is -0.512. The van der Waals surface area contributed by atoms with Crippen LogP contribution in [0, 0.1) is 0 Å². The van der Waals surface area contributed by atoms with Crippen molar-refractivity contribution >= 4 is 9.24 Å². The molecule has 0 heterocycles. The zero-order valence-electron chi connectivity index (χ0n) is 12.8. The summed E-state index contributed by atoms with van der Waals surface area (Å²) in [6.07, 6.45) is 0. The minimum absolute atomic E-state index is 0.0113. The fourth-order valence-electron chi connectivity index (χ4n) is 0.731. The molecule has 0 saturated carbocycles. The van der Waals surface area contributed by atoms with Gasteiger partial charge in [-0.15, -0.1) is 9.24 Å². The molecule has 138 valence electrons. The highest BCUT2D eigenvalue weighted by Gasteiger charge is 1.92. The number of ether oxygens (including phenoxy) is 3. The zero-order chi connectivity index (χ0) is 17.5. The molecule has 0 aliphatic heterocycles. The normalized spacial score (nSPS) is 11.0. The molecular formula is C12H31O9P. The minimum atomic E-state index is -0.512. The second-order valence-electron chi connectivity index (χ2n) is 3.49. The van der Waals surface area contributed by atoms with E-state index in [2.05, 4.69) is 18.7 Å². The first-order valence-electron chi connectivity index (χ1n) is 6.81. The van der Waals surface area contributed by atoms with Crippen LogP contribution in [-0.2, 0) is 14.2 Å². The Balaban J connectivity index is -0.000000247. The van der Waals surface area contributed by atoms with Crippen molar-refractivity contribution in [1.82, 2.24) is 0 Å². The molecule has 0 aromatic rings. The highest BCUT2D eigenvalue weighted by Crippen LogP contribution is 1.92. The molecular weight excluding hydrogens is 319 g/mol. The molecule has 0 amide bonds. The van der Waals surface area contributed by atoms with E-state index in [1.807, 2.05) is 0 Å². The van der Waals surface area contributed by atoms with E-state index in [9.17, 15) is 0 Å². The van der Waals surface area contributed by atoms with Crippen molar-refractivity contribution < 1.29 is 44.8 Å². The van der Waals surface area contributed by atoms with Gasteiger partial charge in [0, 0.05) is 0 Å². The van der Waals surface area contributed by atoms with Gasteiger partial charge in [-0.25, -0.2) is 0 Å². The van der Waals surface area contributed by atoms with Crippen LogP contribution in [0.2, 0.25) is 0 Å². The Morgan fingerprint density at radius 2 is 0.864 bits per heavy atom. The number of hydrogen-bond acceptors (Lipinski definition) is 9. The van der Waals surface area contributed by atoms with Crippen molar-refractivity contribution in [3.8, 4) is 0 Å². The van der Waals surface area contributed by atoms with E-state index in [1.165, 1.54) is 0 Å². The van der Waals surface area contributed by atoms with E-state index < -0.39 is 5.85 Å². The zero-order valence-corrected chi connectivity index (χ0v) is 14.0. The van der Waals surface area contributed by atoms with Gasteiger partial charge < -0.3 is 44.8 Å². The molecule has 2 unspecified atom stereocenters. The Hall–Kier alpha value is 0.0700. The molecule has 0 saturated heterocycles. The average molecular weight is 350 g/mol. The van der Waals surface area contributed by atoms with Gasteiger partial charge in [0.2, 0.25) is 0 Å². The quantitative estimate of drug-likeness (QED) is 0.162. The SMILES string of the molecule is OCCOCC(O)P.OCCOCCO.OCCOCCO. The molecule has 0 fully saturated rings. The predicted octanol–water partition coefficient (Wildman–Crippen LogP) is -2.84. The molecule has 0 rings (SSSR count). The first-order chi connectivity index (χ1) is 10.6. The highest BCUT2D eigenvalue weighted by atomic mass is 31.0. The van der Waals surface area contributed by atoms with Crippen LogP contribution in [0.15, 0.2) is 0 Å². The largest absolute Gasteiger partial charge is 0.394 e. The molecule has 22 heavy (non-hydrogen) atoms. The fraction of sp³-hybridized carbons (Fsp3) is 1.00. The maximum atomic E-state index is 8.54. The summed E-state index contributed by atoms with van der Waals surface area (Å²) >= 11 is 0. The smallest absolute Gasteiger partial charge is 0.0905 e. The number of aliphatic hydroxyl groups is 6.